The number of hydrogen-bond donors (Lipinski definition) is 2. The number of hydrogen-bond acceptors (Lipinski definition) is 4. The lowest BCUT2D eigenvalue weighted by Gasteiger charge is -2.17. The fourth-order valence-corrected chi connectivity index (χ4v) is 3.28. The second-order valence-electron chi connectivity index (χ2n) is 6.85. The molecule has 0 bridgehead atoms. The van der Waals surface area contributed by atoms with Crippen LogP contribution in [-0.2, 0) is 0 Å². The highest BCUT2D eigenvalue weighted by Gasteiger charge is 2.13. The van der Waals surface area contributed by atoms with Gasteiger partial charge in [0.1, 0.15) is 23.1 Å². The summed E-state index contributed by atoms with van der Waals surface area (Å²) in [6.07, 6.45) is 3.77. The highest BCUT2D eigenvalue weighted by atomic mass is 19.1. The normalized spacial score (nSPS) is 13.4. The van der Waals surface area contributed by atoms with E-state index in [2.05, 4.69) is 20.5 Å². The molecule has 2 heterocycles. The summed E-state index contributed by atoms with van der Waals surface area (Å²) < 4.78 is 27.4. The van der Waals surface area contributed by atoms with Crippen molar-refractivity contribution in [1.29, 1.82) is 0 Å². The van der Waals surface area contributed by atoms with E-state index in [4.69, 9.17) is 0 Å². The number of aromatic nitrogens is 1. The van der Waals surface area contributed by atoms with Crippen LogP contribution in [0.5, 0.6) is 0 Å². The first kappa shape index (κ1) is 18.9. The minimum Gasteiger partial charge on any atom is -0.372 e. The molecule has 2 N–H and O–H groups in total. The third kappa shape index (κ3) is 4.34. The van der Waals surface area contributed by atoms with E-state index >= 15 is 0 Å². The Morgan fingerprint density at radius 2 is 1.62 bits per heavy atom. The fourth-order valence-electron chi connectivity index (χ4n) is 3.28. The summed E-state index contributed by atoms with van der Waals surface area (Å²) >= 11 is 0. The standard InChI is InChI=1S/C22H20F2N4O/c23-18-4-3-5-19(24)21(18)27-20-11-6-15(14-25-20)22(29)26-16-7-9-17(10-8-16)28-12-1-2-13-28/h3-11,14H,1-2,12-13H2,(H,25,27)(H,26,29). The summed E-state index contributed by atoms with van der Waals surface area (Å²) in [4.78, 5) is 18.8. The highest BCUT2D eigenvalue weighted by molar-refractivity contribution is 6.04. The summed E-state index contributed by atoms with van der Waals surface area (Å²) in [6, 6.07) is 14.4. The van der Waals surface area contributed by atoms with Crippen LogP contribution in [0.3, 0.4) is 0 Å². The zero-order valence-electron chi connectivity index (χ0n) is 15.7. The van der Waals surface area contributed by atoms with Crippen LogP contribution in [0.4, 0.5) is 31.7 Å². The van der Waals surface area contributed by atoms with Crippen molar-refractivity contribution >= 4 is 28.8 Å². The van der Waals surface area contributed by atoms with Gasteiger partial charge in [-0.2, -0.15) is 0 Å². The van der Waals surface area contributed by atoms with Crippen LogP contribution in [0.25, 0.3) is 0 Å². The molecule has 5 nitrogen and oxygen atoms in total. The number of para-hydroxylation sites is 1. The number of anilines is 4. The second kappa shape index (κ2) is 8.26. The summed E-state index contributed by atoms with van der Waals surface area (Å²) in [6.45, 7) is 2.13. The van der Waals surface area contributed by atoms with E-state index in [0.29, 0.717) is 11.3 Å². The summed E-state index contributed by atoms with van der Waals surface area (Å²) in [5, 5.41) is 5.42. The van der Waals surface area contributed by atoms with Crippen molar-refractivity contribution in [3.05, 3.63) is 78.0 Å². The Labute approximate surface area is 167 Å². The number of nitrogens with zero attached hydrogens (tertiary/aromatic N) is 2. The molecule has 2 aromatic carbocycles. The van der Waals surface area contributed by atoms with E-state index in [1.165, 1.54) is 31.2 Å². The largest absolute Gasteiger partial charge is 0.372 e. The van der Waals surface area contributed by atoms with Crippen LogP contribution >= 0.6 is 0 Å². The first-order chi connectivity index (χ1) is 14.1. The van der Waals surface area contributed by atoms with Gasteiger partial charge in [-0.15, -0.1) is 0 Å². The number of halogens is 2. The van der Waals surface area contributed by atoms with Crippen LogP contribution in [0.2, 0.25) is 0 Å². The lowest BCUT2D eigenvalue weighted by atomic mass is 10.2. The lowest BCUT2D eigenvalue weighted by Crippen LogP contribution is -2.17. The van der Waals surface area contributed by atoms with E-state index in [9.17, 15) is 13.6 Å². The zero-order chi connectivity index (χ0) is 20.2. The number of nitrogens with one attached hydrogen (secondary N) is 2. The maximum absolute atomic E-state index is 13.7. The maximum atomic E-state index is 13.7. The molecule has 1 aliphatic rings. The molecule has 0 spiro atoms. The molecule has 1 aromatic heterocycles. The van der Waals surface area contributed by atoms with Gasteiger partial charge in [-0.1, -0.05) is 6.07 Å². The number of pyridine rings is 1. The molecule has 0 radical (unpaired) electrons. The molecule has 0 unspecified atom stereocenters. The average Bonchev–Trinajstić information content (AvgIpc) is 3.27. The lowest BCUT2D eigenvalue weighted by molar-refractivity contribution is 0.102. The van der Waals surface area contributed by atoms with Gasteiger partial charge in [0.2, 0.25) is 0 Å². The van der Waals surface area contributed by atoms with Gasteiger partial charge in [0, 0.05) is 30.7 Å². The minimum atomic E-state index is -0.717. The molecule has 29 heavy (non-hydrogen) atoms. The van der Waals surface area contributed by atoms with E-state index in [-0.39, 0.29) is 17.4 Å². The number of amides is 1. The van der Waals surface area contributed by atoms with Crippen LogP contribution in [0.1, 0.15) is 23.2 Å². The Morgan fingerprint density at radius 1 is 0.931 bits per heavy atom. The van der Waals surface area contributed by atoms with Crippen molar-refractivity contribution in [3.8, 4) is 0 Å². The Hall–Kier alpha value is -3.48. The second-order valence-corrected chi connectivity index (χ2v) is 6.85. The molecule has 0 atom stereocenters. The SMILES string of the molecule is O=C(Nc1ccc(N2CCCC2)cc1)c1ccc(Nc2c(F)cccc2F)nc1. The smallest absolute Gasteiger partial charge is 0.257 e. The molecule has 1 fully saturated rings. The first-order valence-corrected chi connectivity index (χ1v) is 9.43. The zero-order valence-corrected chi connectivity index (χ0v) is 15.7. The van der Waals surface area contributed by atoms with Gasteiger partial charge in [0.05, 0.1) is 5.56 Å². The van der Waals surface area contributed by atoms with Crippen LogP contribution in [-0.4, -0.2) is 24.0 Å². The number of benzene rings is 2. The molecule has 1 saturated heterocycles. The predicted molar refractivity (Wildman–Crippen MR) is 110 cm³/mol. The molecule has 148 valence electrons. The quantitative estimate of drug-likeness (QED) is 0.643. The van der Waals surface area contributed by atoms with Gasteiger partial charge in [0.25, 0.3) is 5.91 Å². The van der Waals surface area contributed by atoms with Crippen LogP contribution in [0, 0.1) is 11.6 Å². The monoisotopic (exact) mass is 394 g/mol. The maximum Gasteiger partial charge on any atom is 0.257 e. The van der Waals surface area contributed by atoms with Crippen LogP contribution in [0.15, 0.2) is 60.8 Å². The first-order valence-electron chi connectivity index (χ1n) is 9.43. The molecule has 3 aromatic rings. The fraction of sp³-hybridized carbons (Fsp3) is 0.182. The molecule has 4 rings (SSSR count). The summed E-state index contributed by atoms with van der Waals surface area (Å²) in [5.74, 6) is -1.51. The third-order valence-corrected chi connectivity index (χ3v) is 4.84. The molecule has 1 aliphatic heterocycles. The van der Waals surface area contributed by atoms with E-state index in [1.54, 1.807) is 6.07 Å². The van der Waals surface area contributed by atoms with Gasteiger partial charge in [-0.3, -0.25) is 4.79 Å². The Morgan fingerprint density at radius 3 is 2.24 bits per heavy atom. The van der Waals surface area contributed by atoms with E-state index < -0.39 is 11.6 Å². The molecule has 0 saturated carbocycles. The molecule has 0 aliphatic carbocycles. The molecule has 7 heteroatoms. The van der Waals surface area contributed by atoms with Gasteiger partial charge < -0.3 is 15.5 Å². The highest BCUT2D eigenvalue weighted by Crippen LogP contribution is 2.23. The van der Waals surface area contributed by atoms with Crippen molar-refractivity contribution in [2.24, 2.45) is 0 Å². The number of rotatable bonds is 5. The van der Waals surface area contributed by atoms with Crippen molar-refractivity contribution in [2.75, 3.05) is 28.6 Å². The van der Waals surface area contributed by atoms with Gasteiger partial charge in [-0.25, -0.2) is 13.8 Å². The molecular formula is C22H20F2N4O. The van der Waals surface area contributed by atoms with E-state index in [1.807, 2.05) is 24.3 Å². The van der Waals surface area contributed by atoms with Crippen molar-refractivity contribution in [3.63, 3.8) is 0 Å². The Balaban J connectivity index is 1.40. The summed E-state index contributed by atoms with van der Waals surface area (Å²) in [5.41, 5.74) is 1.90. The Bertz CT molecular complexity index is 980. The third-order valence-electron chi connectivity index (χ3n) is 4.84. The van der Waals surface area contributed by atoms with Crippen molar-refractivity contribution in [1.82, 2.24) is 4.98 Å². The average molecular weight is 394 g/mol. The number of carbonyl (C=O) groups is 1. The topological polar surface area (TPSA) is 57.3 Å². The van der Waals surface area contributed by atoms with Crippen LogP contribution < -0.4 is 15.5 Å². The molecular weight excluding hydrogens is 374 g/mol. The van der Waals surface area contributed by atoms with Gasteiger partial charge in [-0.05, 0) is 61.4 Å². The van der Waals surface area contributed by atoms with Crippen molar-refractivity contribution in [2.45, 2.75) is 12.8 Å². The van der Waals surface area contributed by atoms with Crippen molar-refractivity contribution < 1.29 is 13.6 Å². The van der Waals surface area contributed by atoms with Gasteiger partial charge in [0.15, 0.2) is 0 Å². The van der Waals surface area contributed by atoms with E-state index in [0.717, 1.165) is 30.9 Å². The van der Waals surface area contributed by atoms with Gasteiger partial charge >= 0.3 is 0 Å². The molecule has 1 amide bonds. The Kier molecular flexibility index (Phi) is 5.37. The minimum absolute atomic E-state index is 0.237. The summed E-state index contributed by atoms with van der Waals surface area (Å²) in [7, 11) is 0. The number of carbonyl (C=O) groups excluding carboxylic acids is 1. The predicted octanol–water partition coefficient (Wildman–Crippen LogP) is 4.96.